The summed E-state index contributed by atoms with van der Waals surface area (Å²) in [6.07, 6.45) is 5.90. The maximum atomic E-state index is 10.1. The van der Waals surface area contributed by atoms with Crippen molar-refractivity contribution >= 4 is 11.3 Å². The van der Waals surface area contributed by atoms with Crippen LogP contribution in [0.1, 0.15) is 41.8 Å². The number of likely N-dealkylation sites (tertiary alicyclic amines) is 1. The summed E-state index contributed by atoms with van der Waals surface area (Å²) in [6, 6.07) is 0. The second-order valence-corrected chi connectivity index (χ2v) is 7.77. The smallest absolute Gasteiger partial charge is 0.107 e. The number of fused-ring (bicyclic) bond motifs is 1. The van der Waals surface area contributed by atoms with Gasteiger partial charge in [0.1, 0.15) is 5.01 Å². The van der Waals surface area contributed by atoms with Crippen LogP contribution in [0.3, 0.4) is 0 Å². The monoisotopic (exact) mass is 309 g/mol. The van der Waals surface area contributed by atoms with Crippen molar-refractivity contribution in [1.29, 1.82) is 0 Å². The van der Waals surface area contributed by atoms with Crippen molar-refractivity contribution in [2.24, 2.45) is 5.92 Å². The van der Waals surface area contributed by atoms with Crippen molar-refractivity contribution < 1.29 is 5.11 Å². The summed E-state index contributed by atoms with van der Waals surface area (Å²) in [6.45, 7) is 6.85. The van der Waals surface area contributed by atoms with Gasteiger partial charge in [0, 0.05) is 24.5 Å². The van der Waals surface area contributed by atoms with Crippen molar-refractivity contribution in [2.75, 3.05) is 26.2 Å². The third-order valence-corrected chi connectivity index (χ3v) is 5.80. The summed E-state index contributed by atoms with van der Waals surface area (Å²) >= 11 is 1.84. The molecule has 4 nitrogen and oxygen atoms in total. The average molecular weight is 309 g/mol. The summed E-state index contributed by atoms with van der Waals surface area (Å²) in [5.74, 6) is 0.850. The van der Waals surface area contributed by atoms with Crippen molar-refractivity contribution in [2.45, 2.75) is 51.7 Å². The molecule has 2 aliphatic rings. The van der Waals surface area contributed by atoms with E-state index in [9.17, 15) is 5.11 Å². The number of aryl methyl sites for hydroxylation is 2. The van der Waals surface area contributed by atoms with Crippen LogP contribution in [0.15, 0.2) is 0 Å². The van der Waals surface area contributed by atoms with Crippen LogP contribution in [0.25, 0.3) is 0 Å². The lowest BCUT2D eigenvalue weighted by Gasteiger charge is -2.31. The molecule has 1 aromatic rings. The van der Waals surface area contributed by atoms with E-state index in [1.165, 1.54) is 41.3 Å². The minimum atomic E-state index is -0.273. The molecule has 1 atom stereocenters. The van der Waals surface area contributed by atoms with Gasteiger partial charge in [-0.2, -0.15) is 0 Å². The third kappa shape index (κ3) is 4.25. The van der Waals surface area contributed by atoms with Crippen LogP contribution in [-0.4, -0.2) is 47.3 Å². The van der Waals surface area contributed by atoms with Gasteiger partial charge in [-0.25, -0.2) is 4.98 Å². The molecule has 1 aromatic heterocycles. The molecule has 1 aliphatic carbocycles. The fourth-order valence-electron chi connectivity index (χ4n) is 3.27. The fraction of sp³-hybridized carbons (Fsp3) is 0.812. The number of piperidine rings is 1. The number of thiazole rings is 1. The van der Waals surface area contributed by atoms with Crippen LogP contribution in [0.4, 0.5) is 0 Å². The first-order valence-corrected chi connectivity index (χ1v) is 9.11. The number of aliphatic hydroxyl groups is 1. The Labute approximate surface area is 131 Å². The van der Waals surface area contributed by atoms with E-state index in [0.717, 1.165) is 38.5 Å². The highest BCUT2D eigenvalue weighted by Gasteiger charge is 2.19. The molecule has 0 bridgehead atoms. The van der Waals surface area contributed by atoms with Gasteiger partial charge in [-0.3, -0.25) is 0 Å². The zero-order chi connectivity index (χ0) is 14.7. The highest BCUT2D eigenvalue weighted by molar-refractivity contribution is 7.11. The van der Waals surface area contributed by atoms with Gasteiger partial charge in [0.15, 0.2) is 0 Å². The van der Waals surface area contributed by atoms with Crippen molar-refractivity contribution in [3.63, 3.8) is 0 Å². The Bertz CT molecular complexity index is 433. The number of rotatable bonds is 6. The molecule has 118 valence electrons. The van der Waals surface area contributed by atoms with E-state index in [1.54, 1.807) is 0 Å². The standard InChI is InChI=1S/C16H27N3OS/c1-12-5-7-19(8-6-12)11-13(20)9-17-10-16-18-14-3-2-4-15(14)21-16/h12-13,17,20H,2-11H2,1H3. The number of hydrogen-bond donors (Lipinski definition) is 2. The van der Waals surface area contributed by atoms with Gasteiger partial charge < -0.3 is 15.3 Å². The molecule has 21 heavy (non-hydrogen) atoms. The van der Waals surface area contributed by atoms with E-state index in [2.05, 4.69) is 22.1 Å². The van der Waals surface area contributed by atoms with E-state index in [4.69, 9.17) is 0 Å². The van der Waals surface area contributed by atoms with Gasteiger partial charge >= 0.3 is 0 Å². The van der Waals surface area contributed by atoms with E-state index in [0.29, 0.717) is 6.54 Å². The lowest BCUT2D eigenvalue weighted by atomic mass is 9.99. The number of aromatic nitrogens is 1. The summed E-state index contributed by atoms with van der Waals surface area (Å²) in [5.41, 5.74) is 1.32. The molecule has 0 saturated carbocycles. The molecule has 1 saturated heterocycles. The summed E-state index contributed by atoms with van der Waals surface area (Å²) in [7, 11) is 0. The van der Waals surface area contributed by atoms with Crippen LogP contribution >= 0.6 is 11.3 Å². The maximum Gasteiger partial charge on any atom is 0.107 e. The van der Waals surface area contributed by atoms with Crippen LogP contribution in [0.5, 0.6) is 0 Å². The Balaban J connectivity index is 1.34. The zero-order valence-corrected chi connectivity index (χ0v) is 13.8. The second kappa shape index (κ2) is 7.18. The highest BCUT2D eigenvalue weighted by Crippen LogP contribution is 2.27. The molecule has 2 N–H and O–H groups in total. The average Bonchev–Trinajstić information content (AvgIpc) is 3.02. The van der Waals surface area contributed by atoms with Crippen LogP contribution in [-0.2, 0) is 19.4 Å². The maximum absolute atomic E-state index is 10.1. The lowest BCUT2D eigenvalue weighted by Crippen LogP contribution is -2.41. The summed E-state index contributed by atoms with van der Waals surface area (Å²) in [4.78, 5) is 8.55. The normalized spacial score (nSPS) is 21.6. The first kappa shape index (κ1) is 15.4. The van der Waals surface area contributed by atoms with Gasteiger partial charge in [-0.1, -0.05) is 6.92 Å². The topological polar surface area (TPSA) is 48.4 Å². The largest absolute Gasteiger partial charge is 0.390 e. The molecule has 5 heteroatoms. The van der Waals surface area contributed by atoms with Gasteiger partial charge in [-0.15, -0.1) is 11.3 Å². The minimum absolute atomic E-state index is 0.273. The highest BCUT2D eigenvalue weighted by atomic mass is 32.1. The molecular formula is C16H27N3OS. The van der Waals surface area contributed by atoms with E-state index < -0.39 is 0 Å². The molecule has 1 fully saturated rings. The lowest BCUT2D eigenvalue weighted by molar-refractivity contribution is 0.0907. The van der Waals surface area contributed by atoms with Crippen molar-refractivity contribution in [3.8, 4) is 0 Å². The Morgan fingerprint density at radius 1 is 1.38 bits per heavy atom. The Morgan fingerprint density at radius 2 is 2.19 bits per heavy atom. The number of aliphatic hydroxyl groups excluding tert-OH is 1. The summed E-state index contributed by atoms with van der Waals surface area (Å²) in [5, 5.41) is 14.7. The quantitative estimate of drug-likeness (QED) is 0.841. The van der Waals surface area contributed by atoms with Gasteiger partial charge in [0.05, 0.1) is 11.8 Å². The van der Waals surface area contributed by atoms with Crippen LogP contribution in [0, 0.1) is 5.92 Å². The Morgan fingerprint density at radius 3 is 2.95 bits per heavy atom. The number of nitrogens with one attached hydrogen (secondary N) is 1. The molecule has 0 radical (unpaired) electrons. The predicted octanol–water partition coefficient (Wildman–Crippen LogP) is 1.81. The summed E-state index contributed by atoms with van der Waals surface area (Å²) < 4.78 is 0. The molecule has 0 spiro atoms. The number of hydrogen-bond acceptors (Lipinski definition) is 5. The fourth-order valence-corrected chi connectivity index (χ4v) is 4.40. The van der Waals surface area contributed by atoms with Crippen molar-refractivity contribution in [1.82, 2.24) is 15.2 Å². The molecule has 0 amide bonds. The molecule has 0 aromatic carbocycles. The van der Waals surface area contributed by atoms with Gasteiger partial charge in [-0.05, 0) is 51.1 Å². The first-order valence-electron chi connectivity index (χ1n) is 8.29. The SMILES string of the molecule is CC1CCN(CC(O)CNCc2nc3c(s2)CCC3)CC1. The Kier molecular flexibility index (Phi) is 5.27. The molecular weight excluding hydrogens is 282 g/mol. The first-order chi connectivity index (χ1) is 10.2. The van der Waals surface area contributed by atoms with E-state index in [1.807, 2.05) is 11.3 Å². The molecule has 1 unspecified atom stereocenters. The predicted molar refractivity (Wildman–Crippen MR) is 86.7 cm³/mol. The molecule has 3 rings (SSSR count). The number of β-amino-alcohol motifs (C(OH)–C–C–N with tert-alkyl or cyclic N) is 1. The Hall–Kier alpha value is -0.490. The minimum Gasteiger partial charge on any atom is -0.390 e. The van der Waals surface area contributed by atoms with E-state index in [-0.39, 0.29) is 6.10 Å². The van der Waals surface area contributed by atoms with Gasteiger partial charge in [0.2, 0.25) is 0 Å². The van der Waals surface area contributed by atoms with Crippen LogP contribution in [0.2, 0.25) is 0 Å². The van der Waals surface area contributed by atoms with Gasteiger partial charge in [0.25, 0.3) is 0 Å². The third-order valence-electron chi connectivity index (χ3n) is 4.64. The zero-order valence-electron chi connectivity index (χ0n) is 13.0. The van der Waals surface area contributed by atoms with Crippen LogP contribution < -0.4 is 5.32 Å². The molecule has 2 heterocycles. The van der Waals surface area contributed by atoms with Crippen molar-refractivity contribution in [3.05, 3.63) is 15.6 Å². The van der Waals surface area contributed by atoms with E-state index >= 15 is 0 Å². The second-order valence-electron chi connectivity index (χ2n) is 6.60. The number of nitrogens with zero attached hydrogens (tertiary/aromatic N) is 2. The molecule has 1 aliphatic heterocycles.